The Bertz CT molecular complexity index is 354. The highest BCUT2D eigenvalue weighted by molar-refractivity contribution is 5.30. The van der Waals surface area contributed by atoms with Crippen molar-refractivity contribution in [2.45, 2.75) is 24.3 Å². The van der Waals surface area contributed by atoms with Crippen LogP contribution in [0.3, 0.4) is 0 Å². The molecule has 5 nitrogen and oxygen atoms in total. The lowest BCUT2D eigenvalue weighted by Gasteiger charge is -2.16. The van der Waals surface area contributed by atoms with Gasteiger partial charge in [0.25, 0.3) is 0 Å². The third kappa shape index (κ3) is 1.90. The molecule has 0 saturated carbocycles. The number of benzene rings is 1. The minimum Gasteiger partial charge on any atom is -0.508 e. The van der Waals surface area contributed by atoms with Crippen molar-refractivity contribution in [3.63, 3.8) is 0 Å². The summed E-state index contributed by atoms with van der Waals surface area (Å²) in [6, 6.07) is 5.43. The molecule has 1 aliphatic rings. The molecule has 1 heterocycles. The number of phenols is 1. The second kappa shape index (κ2) is 4.39. The van der Waals surface area contributed by atoms with Gasteiger partial charge in [0.2, 0.25) is 0 Å². The highest BCUT2D eigenvalue weighted by Gasteiger charge is 2.41. The molecule has 0 bridgehead atoms. The first-order chi connectivity index (χ1) is 7.63. The molecule has 1 saturated heterocycles. The summed E-state index contributed by atoms with van der Waals surface area (Å²) in [6.07, 6.45) is -1.94. The van der Waals surface area contributed by atoms with Crippen molar-refractivity contribution in [2.24, 2.45) is 0 Å². The van der Waals surface area contributed by atoms with Gasteiger partial charge in [-0.15, -0.1) is 0 Å². The molecule has 1 unspecified atom stereocenters. The lowest BCUT2D eigenvalue weighted by Crippen LogP contribution is -2.35. The van der Waals surface area contributed by atoms with E-state index in [0.717, 1.165) is 5.56 Å². The van der Waals surface area contributed by atoms with E-state index in [4.69, 9.17) is 10.2 Å². The van der Waals surface area contributed by atoms with Gasteiger partial charge in [-0.05, 0) is 17.7 Å². The number of hydrogen-bond donors (Lipinski definition) is 5. The Hall–Kier alpha value is -1.14. The monoisotopic (exact) mass is 225 g/mol. The number of aromatic hydroxyl groups is 1. The molecule has 1 fully saturated rings. The van der Waals surface area contributed by atoms with Gasteiger partial charge in [0.05, 0.1) is 24.8 Å². The number of aliphatic hydroxyl groups excluding tert-OH is 3. The molecule has 0 radical (unpaired) electrons. The van der Waals surface area contributed by atoms with Gasteiger partial charge in [-0.2, -0.15) is 0 Å². The van der Waals surface area contributed by atoms with Crippen LogP contribution in [-0.2, 0) is 0 Å². The van der Waals surface area contributed by atoms with Crippen molar-refractivity contribution in [1.82, 2.24) is 5.32 Å². The second-order valence-electron chi connectivity index (χ2n) is 4.01. The summed E-state index contributed by atoms with van der Waals surface area (Å²) in [4.78, 5) is 0. The first-order valence-corrected chi connectivity index (χ1v) is 5.15. The first-order valence-electron chi connectivity index (χ1n) is 5.15. The summed E-state index contributed by atoms with van der Waals surface area (Å²) >= 11 is 0. The fourth-order valence-corrected chi connectivity index (χ4v) is 2.00. The molecule has 1 aliphatic heterocycles. The van der Waals surface area contributed by atoms with Crippen LogP contribution in [0.1, 0.15) is 11.6 Å². The molecule has 0 aromatic heterocycles. The van der Waals surface area contributed by atoms with Crippen LogP contribution in [0.25, 0.3) is 0 Å². The molecule has 1 aromatic rings. The molecule has 5 N–H and O–H groups in total. The van der Waals surface area contributed by atoms with Crippen molar-refractivity contribution < 1.29 is 20.4 Å². The van der Waals surface area contributed by atoms with Crippen LogP contribution in [0.2, 0.25) is 0 Å². The Balaban J connectivity index is 2.19. The standard InChI is InChI=1S/C11H15NO4/c13-5-8-10(15)11(16)9(12-8)6-1-3-7(14)4-2-6/h1-4,8-16H,5H2/t8-,9?,10-,11+/m1/s1. The van der Waals surface area contributed by atoms with E-state index in [1.165, 1.54) is 12.1 Å². The smallest absolute Gasteiger partial charge is 0.115 e. The highest BCUT2D eigenvalue weighted by atomic mass is 16.3. The van der Waals surface area contributed by atoms with Crippen LogP contribution in [0.15, 0.2) is 24.3 Å². The van der Waals surface area contributed by atoms with Gasteiger partial charge < -0.3 is 25.7 Å². The summed E-state index contributed by atoms with van der Waals surface area (Å²) in [7, 11) is 0. The van der Waals surface area contributed by atoms with E-state index in [9.17, 15) is 10.2 Å². The largest absolute Gasteiger partial charge is 0.508 e. The summed E-state index contributed by atoms with van der Waals surface area (Å²) in [6.45, 7) is -0.229. The average Bonchev–Trinajstić information content (AvgIpc) is 2.57. The van der Waals surface area contributed by atoms with E-state index >= 15 is 0 Å². The molecule has 16 heavy (non-hydrogen) atoms. The van der Waals surface area contributed by atoms with Gasteiger partial charge in [-0.1, -0.05) is 12.1 Å². The van der Waals surface area contributed by atoms with E-state index in [1.807, 2.05) is 0 Å². The van der Waals surface area contributed by atoms with Crippen molar-refractivity contribution in [3.8, 4) is 5.75 Å². The van der Waals surface area contributed by atoms with E-state index < -0.39 is 24.3 Å². The Kier molecular flexibility index (Phi) is 3.11. The SMILES string of the molecule is OC[C@H]1NC(c2ccc(O)cc2)[C@H](O)[C@@H]1O. The van der Waals surface area contributed by atoms with E-state index in [1.54, 1.807) is 12.1 Å². The van der Waals surface area contributed by atoms with E-state index in [-0.39, 0.29) is 12.4 Å². The van der Waals surface area contributed by atoms with Gasteiger partial charge >= 0.3 is 0 Å². The highest BCUT2D eigenvalue weighted by Crippen LogP contribution is 2.28. The fraction of sp³-hybridized carbons (Fsp3) is 0.455. The number of phenolic OH excluding ortho intramolecular Hbond substituents is 1. The van der Waals surface area contributed by atoms with E-state index in [0.29, 0.717) is 0 Å². The molecular formula is C11H15NO4. The zero-order chi connectivity index (χ0) is 11.7. The Labute approximate surface area is 93.0 Å². The Morgan fingerprint density at radius 3 is 2.19 bits per heavy atom. The van der Waals surface area contributed by atoms with Gasteiger partial charge in [0.1, 0.15) is 11.9 Å². The Morgan fingerprint density at radius 1 is 1.06 bits per heavy atom. The molecule has 4 atom stereocenters. The molecular weight excluding hydrogens is 210 g/mol. The van der Waals surface area contributed by atoms with Crippen LogP contribution < -0.4 is 5.32 Å². The van der Waals surface area contributed by atoms with Gasteiger partial charge in [0, 0.05) is 0 Å². The molecule has 0 aliphatic carbocycles. The topological polar surface area (TPSA) is 93.0 Å². The zero-order valence-corrected chi connectivity index (χ0v) is 8.61. The zero-order valence-electron chi connectivity index (χ0n) is 8.61. The number of hydrogen-bond acceptors (Lipinski definition) is 5. The molecule has 1 aromatic carbocycles. The maximum absolute atomic E-state index is 9.80. The minimum absolute atomic E-state index is 0.149. The number of rotatable bonds is 2. The van der Waals surface area contributed by atoms with Crippen LogP contribution in [0.4, 0.5) is 0 Å². The average molecular weight is 225 g/mol. The lowest BCUT2D eigenvalue weighted by molar-refractivity contribution is 0.0194. The summed E-state index contributed by atoms with van der Waals surface area (Å²) in [5, 5.41) is 40.5. The van der Waals surface area contributed by atoms with E-state index in [2.05, 4.69) is 5.32 Å². The van der Waals surface area contributed by atoms with Crippen LogP contribution in [-0.4, -0.2) is 45.3 Å². The normalized spacial score (nSPS) is 34.2. The third-order valence-electron chi connectivity index (χ3n) is 2.95. The minimum atomic E-state index is -0.983. The lowest BCUT2D eigenvalue weighted by atomic mass is 10.0. The van der Waals surface area contributed by atoms with Gasteiger partial charge in [0.15, 0.2) is 0 Å². The fourth-order valence-electron chi connectivity index (χ4n) is 2.00. The second-order valence-corrected chi connectivity index (χ2v) is 4.01. The van der Waals surface area contributed by atoms with Crippen molar-refractivity contribution >= 4 is 0 Å². The summed E-state index contributed by atoms with van der Waals surface area (Å²) < 4.78 is 0. The summed E-state index contributed by atoms with van der Waals surface area (Å²) in [5.74, 6) is 0.149. The Morgan fingerprint density at radius 2 is 1.69 bits per heavy atom. The quantitative estimate of drug-likeness (QED) is 0.451. The number of aliphatic hydroxyl groups is 3. The molecule has 0 amide bonds. The predicted octanol–water partition coefficient (Wildman–Crippen LogP) is -0.881. The number of nitrogens with one attached hydrogen (secondary N) is 1. The van der Waals surface area contributed by atoms with Crippen LogP contribution in [0, 0.1) is 0 Å². The summed E-state index contributed by atoms with van der Waals surface area (Å²) in [5.41, 5.74) is 0.764. The molecule has 0 spiro atoms. The molecule has 5 heteroatoms. The van der Waals surface area contributed by atoms with Gasteiger partial charge in [-0.25, -0.2) is 0 Å². The third-order valence-corrected chi connectivity index (χ3v) is 2.95. The van der Waals surface area contributed by atoms with Crippen molar-refractivity contribution in [2.75, 3.05) is 6.61 Å². The van der Waals surface area contributed by atoms with Gasteiger partial charge in [-0.3, -0.25) is 0 Å². The van der Waals surface area contributed by atoms with Crippen LogP contribution in [0.5, 0.6) is 5.75 Å². The first kappa shape index (κ1) is 11.3. The van der Waals surface area contributed by atoms with Crippen molar-refractivity contribution in [1.29, 1.82) is 0 Å². The molecule has 88 valence electrons. The maximum Gasteiger partial charge on any atom is 0.115 e. The van der Waals surface area contributed by atoms with Crippen LogP contribution >= 0.6 is 0 Å². The van der Waals surface area contributed by atoms with Crippen molar-refractivity contribution in [3.05, 3.63) is 29.8 Å². The molecule has 2 rings (SSSR count). The maximum atomic E-state index is 9.80. The predicted molar refractivity (Wildman–Crippen MR) is 56.9 cm³/mol.